The van der Waals surface area contributed by atoms with Crippen molar-refractivity contribution in [3.8, 4) is 0 Å². The van der Waals surface area contributed by atoms with Crippen molar-refractivity contribution < 1.29 is 38.3 Å². The maximum absolute atomic E-state index is 13.3. The summed E-state index contributed by atoms with van der Waals surface area (Å²) in [6.07, 6.45) is 3.86. The molecule has 1 unspecified atom stereocenters. The molecule has 1 fully saturated rings. The second kappa shape index (κ2) is 17.9. The van der Waals surface area contributed by atoms with E-state index in [1.54, 1.807) is 0 Å². The molecule has 0 aliphatic heterocycles. The fraction of sp³-hybridized carbons (Fsp3) is 0.406. The number of hydrogen-bond acceptors (Lipinski definition) is 8. The SMILES string of the molecule is COC(=O)c1ccc(C(=O)N[C@@H](CCc2ccccc2)C(=O)NCC(=O)NC(C(=O)NCC(=O)NCC(N)=O)C2CCCC2)cc1. The van der Waals surface area contributed by atoms with Crippen LogP contribution in [0.15, 0.2) is 54.6 Å². The van der Waals surface area contributed by atoms with Gasteiger partial charge in [0.15, 0.2) is 0 Å². The van der Waals surface area contributed by atoms with E-state index in [-0.39, 0.29) is 30.0 Å². The van der Waals surface area contributed by atoms with Gasteiger partial charge in [0.2, 0.25) is 29.5 Å². The van der Waals surface area contributed by atoms with Crippen molar-refractivity contribution in [2.45, 2.75) is 50.6 Å². The van der Waals surface area contributed by atoms with E-state index >= 15 is 0 Å². The zero-order chi connectivity index (χ0) is 33.5. The van der Waals surface area contributed by atoms with Gasteiger partial charge in [-0.25, -0.2) is 4.79 Å². The molecule has 0 aromatic heterocycles. The Kier molecular flexibility index (Phi) is 13.7. The molecule has 1 aliphatic rings. The standard InChI is InChI=1S/C32H40N6O8/c1-46-32(45)23-14-12-22(13-15-23)29(42)37-24(16-11-20-7-3-2-4-8-20)30(43)35-19-27(41)38-28(21-9-5-6-10-21)31(44)36-18-26(40)34-17-25(33)39/h2-4,7-8,12-15,21,24,28H,5-6,9-11,16-19H2,1H3,(H2,33,39)(H,34,40)(H,35,43)(H,36,44)(H,37,42)(H,38,41)/t24-,28?/m0/s1. The average molecular weight is 637 g/mol. The van der Waals surface area contributed by atoms with Crippen LogP contribution in [0.3, 0.4) is 0 Å². The van der Waals surface area contributed by atoms with E-state index in [4.69, 9.17) is 5.73 Å². The smallest absolute Gasteiger partial charge is 0.337 e. The first-order valence-electron chi connectivity index (χ1n) is 15.0. The number of primary amides is 1. The van der Waals surface area contributed by atoms with Crippen LogP contribution in [-0.4, -0.2) is 80.2 Å². The van der Waals surface area contributed by atoms with Gasteiger partial charge in [-0.1, -0.05) is 43.2 Å². The van der Waals surface area contributed by atoms with E-state index in [0.717, 1.165) is 18.4 Å². The number of amides is 6. The van der Waals surface area contributed by atoms with E-state index in [2.05, 4.69) is 31.3 Å². The summed E-state index contributed by atoms with van der Waals surface area (Å²) in [4.78, 5) is 86.7. The number of hydrogen-bond donors (Lipinski definition) is 6. The molecular formula is C32H40N6O8. The van der Waals surface area contributed by atoms with E-state index in [1.807, 2.05) is 30.3 Å². The maximum atomic E-state index is 13.3. The fourth-order valence-electron chi connectivity index (χ4n) is 5.07. The van der Waals surface area contributed by atoms with Crippen LogP contribution in [0.2, 0.25) is 0 Å². The first kappa shape index (κ1) is 35.2. The van der Waals surface area contributed by atoms with Crippen LogP contribution in [0, 0.1) is 5.92 Å². The molecule has 0 spiro atoms. The number of nitrogens with two attached hydrogens (primary N) is 1. The minimum atomic E-state index is -1.01. The molecule has 0 radical (unpaired) electrons. The molecule has 6 amide bonds. The summed E-state index contributed by atoms with van der Waals surface area (Å²) in [5.41, 5.74) is 6.44. The van der Waals surface area contributed by atoms with Gasteiger partial charge in [-0.15, -0.1) is 0 Å². The molecular weight excluding hydrogens is 596 g/mol. The summed E-state index contributed by atoms with van der Waals surface area (Å²) in [5, 5.41) is 12.7. The summed E-state index contributed by atoms with van der Waals surface area (Å²) in [6.45, 7) is -1.23. The average Bonchev–Trinajstić information content (AvgIpc) is 3.60. The minimum absolute atomic E-state index is 0.156. The molecule has 1 aliphatic carbocycles. The van der Waals surface area contributed by atoms with Gasteiger partial charge in [-0.2, -0.15) is 0 Å². The summed E-state index contributed by atoms with van der Waals surface area (Å²) in [6, 6.07) is 13.2. The number of esters is 1. The lowest BCUT2D eigenvalue weighted by Crippen LogP contribution is -2.55. The van der Waals surface area contributed by atoms with E-state index < -0.39 is 66.6 Å². The quantitative estimate of drug-likeness (QED) is 0.134. The zero-order valence-corrected chi connectivity index (χ0v) is 25.6. The largest absolute Gasteiger partial charge is 0.465 e. The monoisotopic (exact) mass is 636 g/mol. The third-order valence-electron chi connectivity index (χ3n) is 7.53. The van der Waals surface area contributed by atoms with Crippen molar-refractivity contribution in [3.63, 3.8) is 0 Å². The highest BCUT2D eigenvalue weighted by atomic mass is 16.5. The lowest BCUT2D eigenvalue weighted by atomic mass is 9.97. The first-order valence-corrected chi connectivity index (χ1v) is 15.0. The number of carbonyl (C=O) groups is 7. The molecule has 14 nitrogen and oxygen atoms in total. The summed E-state index contributed by atoms with van der Waals surface area (Å²) in [5.74, 6) is -4.38. The minimum Gasteiger partial charge on any atom is -0.465 e. The Balaban J connectivity index is 1.62. The molecule has 2 atom stereocenters. The van der Waals surface area contributed by atoms with Crippen molar-refractivity contribution >= 4 is 41.4 Å². The van der Waals surface area contributed by atoms with Crippen LogP contribution in [0.5, 0.6) is 0 Å². The van der Waals surface area contributed by atoms with Gasteiger partial charge >= 0.3 is 5.97 Å². The third-order valence-corrected chi connectivity index (χ3v) is 7.53. The van der Waals surface area contributed by atoms with E-state index in [9.17, 15) is 33.6 Å². The molecule has 0 heterocycles. The first-order chi connectivity index (χ1) is 22.1. The molecule has 2 aromatic carbocycles. The summed E-state index contributed by atoms with van der Waals surface area (Å²) < 4.78 is 4.68. The zero-order valence-electron chi connectivity index (χ0n) is 25.6. The van der Waals surface area contributed by atoms with Crippen LogP contribution in [0.25, 0.3) is 0 Å². The predicted molar refractivity (Wildman–Crippen MR) is 166 cm³/mol. The van der Waals surface area contributed by atoms with Crippen LogP contribution in [-0.2, 0) is 35.1 Å². The van der Waals surface area contributed by atoms with Gasteiger partial charge in [-0.05, 0) is 61.4 Å². The van der Waals surface area contributed by atoms with Crippen LogP contribution in [0.1, 0.15) is 58.4 Å². The fourth-order valence-corrected chi connectivity index (χ4v) is 5.07. The lowest BCUT2D eigenvalue weighted by molar-refractivity contribution is -0.132. The normalized spacial score (nSPS) is 13.8. The second-order valence-corrected chi connectivity index (χ2v) is 10.9. The van der Waals surface area contributed by atoms with E-state index in [1.165, 1.54) is 31.4 Å². The van der Waals surface area contributed by atoms with Crippen LogP contribution >= 0.6 is 0 Å². The number of benzene rings is 2. The Morgan fingerprint density at radius 2 is 1.37 bits per heavy atom. The molecule has 14 heteroatoms. The Morgan fingerprint density at radius 3 is 2.00 bits per heavy atom. The number of ether oxygens (including phenoxy) is 1. The molecule has 46 heavy (non-hydrogen) atoms. The van der Waals surface area contributed by atoms with Crippen molar-refractivity contribution in [1.82, 2.24) is 26.6 Å². The Labute approximate surface area is 266 Å². The highest BCUT2D eigenvalue weighted by Crippen LogP contribution is 2.28. The number of carbonyl (C=O) groups excluding carboxylic acids is 7. The molecule has 0 saturated heterocycles. The molecule has 3 rings (SSSR count). The molecule has 2 aromatic rings. The van der Waals surface area contributed by atoms with Crippen molar-refractivity contribution in [2.75, 3.05) is 26.7 Å². The van der Waals surface area contributed by atoms with Crippen LogP contribution in [0.4, 0.5) is 0 Å². The number of rotatable bonds is 16. The van der Waals surface area contributed by atoms with Gasteiger partial charge in [-0.3, -0.25) is 28.8 Å². The highest BCUT2D eigenvalue weighted by Gasteiger charge is 2.32. The number of nitrogens with one attached hydrogen (secondary N) is 5. The van der Waals surface area contributed by atoms with E-state index in [0.29, 0.717) is 19.3 Å². The highest BCUT2D eigenvalue weighted by molar-refractivity contribution is 5.99. The number of methoxy groups -OCH3 is 1. The van der Waals surface area contributed by atoms with Crippen molar-refractivity contribution in [1.29, 1.82) is 0 Å². The Bertz CT molecular complexity index is 1390. The van der Waals surface area contributed by atoms with Gasteiger partial charge in [0.25, 0.3) is 5.91 Å². The number of aryl methyl sites for hydroxylation is 1. The Morgan fingerprint density at radius 1 is 0.761 bits per heavy atom. The van der Waals surface area contributed by atoms with Gasteiger partial charge < -0.3 is 37.1 Å². The predicted octanol–water partition coefficient (Wildman–Crippen LogP) is -0.287. The molecule has 1 saturated carbocycles. The maximum Gasteiger partial charge on any atom is 0.337 e. The Hall–Kier alpha value is -5.27. The van der Waals surface area contributed by atoms with Gasteiger partial charge in [0.1, 0.15) is 12.1 Å². The molecule has 0 bridgehead atoms. The molecule has 246 valence electrons. The summed E-state index contributed by atoms with van der Waals surface area (Å²) in [7, 11) is 1.25. The van der Waals surface area contributed by atoms with Gasteiger partial charge in [0.05, 0.1) is 32.3 Å². The second-order valence-electron chi connectivity index (χ2n) is 10.9. The van der Waals surface area contributed by atoms with Gasteiger partial charge in [0, 0.05) is 5.56 Å². The van der Waals surface area contributed by atoms with Crippen molar-refractivity contribution in [2.24, 2.45) is 11.7 Å². The lowest BCUT2D eigenvalue weighted by Gasteiger charge is -2.24. The van der Waals surface area contributed by atoms with Crippen molar-refractivity contribution in [3.05, 3.63) is 71.3 Å². The summed E-state index contributed by atoms with van der Waals surface area (Å²) >= 11 is 0. The van der Waals surface area contributed by atoms with Crippen LogP contribution < -0.4 is 32.3 Å². The molecule has 7 N–H and O–H groups in total. The topological polar surface area (TPSA) is 215 Å². The third kappa shape index (κ3) is 11.3.